The molecule has 0 radical (unpaired) electrons. The summed E-state index contributed by atoms with van der Waals surface area (Å²) in [6.45, 7) is 4.12. The average Bonchev–Trinajstić information content (AvgIpc) is 2.56. The summed E-state index contributed by atoms with van der Waals surface area (Å²) in [7, 11) is 0. The lowest BCUT2D eigenvalue weighted by Crippen LogP contribution is -2.22. The molecule has 2 rings (SSSR count). The normalized spacial score (nSPS) is 19.9. The molecule has 0 spiro atoms. The number of nitrogens with zero attached hydrogens (tertiary/aromatic N) is 1. The molecule has 1 aromatic rings. The number of hydrogen-bond acceptors (Lipinski definition) is 2. The third kappa shape index (κ3) is 3.06. The maximum atomic E-state index is 6.45. The van der Waals surface area contributed by atoms with Crippen LogP contribution in [0.2, 0.25) is 0 Å². The number of rotatable bonds is 2. The monoisotopic (exact) mass is 232 g/mol. The van der Waals surface area contributed by atoms with Gasteiger partial charge in [0.15, 0.2) is 0 Å². The average molecular weight is 232 g/mol. The smallest absolute Gasteiger partial charge is 0.0423 e. The van der Waals surface area contributed by atoms with Crippen molar-refractivity contribution in [2.45, 2.75) is 58.4 Å². The van der Waals surface area contributed by atoms with E-state index in [-0.39, 0.29) is 6.04 Å². The van der Waals surface area contributed by atoms with Gasteiger partial charge in [-0.1, -0.05) is 31.7 Å². The Labute approximate surface area is 105 Å². The van der Waals surface area contributed by atoms with Crippen LogP contribution in [0.5, 0.6) is 0 Å². The Morgan fingerprint density at radius 3 is 2.35 bits per heavy atom. The van der Waals surface area contributed by atoms with Gasteiger partial charge in [0.2, 0.25) is 0 Å². The maximum Gasteiger partial charge on any atom is 0.0423 e. The second-order valence-corrected chi connectivity index (χ2v) is 5.40. The second kappa shape index (κ2) is 5.63. The fourth-order valence-corrected chi connectivity index (χ4v) is 2.97. The van der Waals surface area contributed by atoms with E-state index in [0.29, 0.717) is 5.92 Å². The highest BCUT2D eigenvalue weighted by molar-refractivity contribution is 5.25. The highest BCUT2D eigenvalue weighted by Gasteiger charge is 2.22. The summed E-state index contributed by atoms with van der Waals surface area (Å²) in [6, 6.07) is 4.44. The molecule has 0 amide bonds. The molecule has 2 N–H and O–H groups in total. The third-order valence-electron chi connectivity index (χ3n) is 4.03. The van der Waals surface area contributed by atoms with Crippen LogP contribution >= 0.6 is 0 Å². The molecule has 1 aliphatic carbocycles. The molecule has 94 valence electrons. The molecule has 0 saturated heterocycles. The Bertz CT molecular complexity index is 365. The molecule has 0 aliphatic heterocycles. The number of aromatic nitrogens is 1. The standard InChI is InChI=1S/C15H24N2/c1-11-9-10-14(12(2)17-11)15(16)13-7-5-3-4-6-8-13/h9-10,13,15H,3-8,16H2,1-2H3. The quantitative estimate of drug-likeness (QED) is 0.790. The first-order valence-electron chi connectivity index (χ1n) is 6.88. The third-order valence-corrected chi connectivity index (χ3v) is 4.03. The van der Waals surface area contributed by atoms with Crippen LogP contribution in [0.25, 0.3) is 0 Å². The Morgan fingerprint density at radius 2 is 1.76 bits per heavy atom. The Kier molecular flexibility index (Phi) is 4.16. The molecule has 1 saturated carbocycles. The van der Waals surface area contributed by atoms with E-state index in [9.17, 15) is 0 Å². The highest BCUT2D eigenvalue weighted by atomic mass is 14.7. The van der Waals surface area contributed by atoms with E-state index in [2.05, 4.69) is 24.0 Å². The summed E-state index contributed by atoms with van der Waals surface area (Å²) in [4.78, 5) is 4.53. The zero-order valence-electron chi connectivity index (χ0n) is 11.1. The molecule has 2 nitrogen and oxygen atoms in total. The van der Waals surface area contributed by atoms with Crippen molar-refractivity contribution < 1.29 is 0 Å². The van der Waals surface area contributed by atoms with E-state index in [1.54, 1.807) is 0 Å². The molecule has 1 unspecified atom stereocenters. The molecular weight excluding hydrogens is 208 g/mol. The van der Waals surface area contributed by atoms with Crippen molar-refractivity contribution in [2.75, 3.05) is 0 Å². The van der Waals surface area contributed by atoms with Crippen LogP contribution in [-0.4, -0.2) is 4.98 Å². The highest BCUT2D eigenvalue weighted by Crippen LogP contribution is 2.32. The summed E-state index contributed by atoms with van der Waals surface area (Å²) in [6.07, 6.45) is 8.03. The fourth-order valence-electron chi connectivity index (χ4n) is 2.97. The van der Waals surface area contributed by atoms with E-state index in [1.807, 2.05) is 6.92 Å². The van der Waals surface area contributed by atoms with Crippen molar-refractivity contribution in [1.29, 1.82) is 0 Å². The van der Waals surface area contributed by atoms with Crippen LogP contribution in [-0.2, 0) is 0 Å². The fraction of sp³-hybridized carbons (Fsp3) is 0.667. The Balaban J connectivity index is 2.14. The van der Waals surface area contributed by atoms with Gasteiger partial charge in [0.1, 0.15) is 0 Å². The largest absolute Gasteiger partial charge is 0.324 e. The van der Waals surface area contributed by atoms with Gasteiger partial charge in [0.25, 0.3) is 0 Å². The van der Waals surface area contributed by atoms with Crippen molar-refractivity contribution in [3.05, 3.63) is 29.1 Å². The molecule has 0 aromatic carbocycles. The second-order valence-electron chi connectivity index (χ2n) is 5.40. The zero-order valence-corrected chi connectivity index (χ0v) is 11.1. The van der Waals surface area contributed by atoms with E-state index in [4.69, 9.17) is 5.73 Å². The van der Waals surface area contributed by atoms with Gasteiger partial charge in [-0.3, -0.25) is 4.98 Å². The predicted octanol–water partition coefficient (Wildman–Crippen LogP) is 3.67. The molecule has 1 atom stereocenters. The summed E-state index contributed by atoms with van der Waals surface area (Å²) < 4.78 is 0. The van der Waals surface area contributed by atoms with Crippen LogP contribution in [0.15, 0.2) is 12.1 Å². The molecule has 1 aliphatic rings. The molecule has 1 aromatic heterocycles. The summed E-state index contributed by atoms with van der Waals surface area (Å²) in [5.41, 5.74) is 9.90. The van der Waals surface area contributed by atoms with Crippen molar-refractivity contribution in [2.24, 2.45) is 11.7 Å². The molecule has 2 heteroatoms. The lowest BCUT2D eigenvalue weighted by molar-refractivity contribution is 0.380. The van der Waals surface area contributed by atoms with Gasteiger partial charge in [0, 0.05) is 17.4 Å². The number of hydrogen-bond donors (Lipinski definition) is 1. The molecular formula is C15H24N2. The first-order valence-corrected chi connectivity index (χ1v) is 6.88. The molecule has 1 heterocycles. The van der Waals surface area contributed by atoms with Crippen LogP contribution in [0.4, 0.5) is 0 Å². The van der Waals surface area contributed by atoms with Crippen molar-refractivity contribution in [3.8, 4) is 0 Å². The van der Waals surface area contributed by atoms with Crippen molar-refractivity contribution >= 4 is 0 Å². The molecule has 0 bridgehead atoms. The minimum atomic E-state index is 0.182. The lowest BCUT2D eigenvalue weighted by Gasteiger charge is -2.24. The first kappa shape index (κ1) is 12.6. The van der Waals surface area contributed by atoms with Gasteiger partial charge in [-0.25, -0.2) is 0 Å². The number of nitrogens with two attached hydrogens (primary N) is 1. The van der Waals surface area contributed by atoms with Gasteiger partial charge in [-0.05, 0) is 44.2 Å². The van der Waals surface area contributed by atoms with Crippen molar-refractivity contribution in [1.82, 2.24) is 4.98 Å². The first-order chi connectivity index (χ1) is 8.18. The van der Waals surface area contributed by atoms with E-state index in [1.165, 1.54) is 44.1 Å². The number of pyridine rings is 1. The Hall–Kier alpha value is -0.890. The van der Waals surface area contributed by atoms with Crippen LogP contribution in [0, 0.1) is 19.8 Å². The topological polar surface area (TPSA) is 38.9 Å². The van der Waals surface area contributed by atoms with E-state index in [0.717, 1.165) is 11.4 Å². The van der Waals surface area contributed by atoms with Crippen molar-refractivity contribution in [3.63, 3.8) is 0 Å². The van der Waals surface area contributed by atoms with E-state index >= 15 is 0 Å². The minimum absolute atomic E-state index is 0.182. The molecule has 1 fully saturated rings. The zero-order chi connectivity index (χ0) is 12.3. The maximum absolute atomic E-state index is 6.45. The van der Waals surface area contributed by atoms with E-state index < -0.39 is 0 Å². The molecule has 17 heavy (non-hydrogen) atoms. The van der Waals surface area contributed by atoms with Gasteiger partial charge in [0.05, 0.1) is 0 Å². The summed E-state index contributed by atoms with van der Waals surface area (Å²) in [5.74, 6) is 0.653. The van der Waals surface area contributed by atoms with Gasteiger partial charge < -0.3 is 5.73 Å². The minimum Gasteiger partial charge on any atom is -0.324 e. The van der Waals surface area contributed by atoms with Crippen LogP contribution in [0.3, 0.4) is 0 Å². The van der Waals surface area contributed by atoms with Gasteiger partial charge in [-0.15, -0.1) is 0 Å². The summed E-state index contributed by atoms with van der Waals surface area (Å²) >= 11 is 0. The predicted molar refractivity (Wildman–Crippen MR) is 71.8 cm³/mol. The van der Waals surface area contributed by atoms with Gasteiger partial charge >= 0.3 is 0 Å². The number of aryl methyl sites for hydroxylation is 2. The SMILES string of the molecule is Cc1ccc(C(N)C2CCCCCC2)c(C)n1. The Morgan fingerprint density at radius 1 is 1.12 bits per heavy atom. The van der Waals surface area contributed by atoms with Crippen LogP contribution in [0.1, 0.15) is 61.5 Å². The lowest BCUT2D eigenvalue weighted by atomic mass is 9.87. The van der Waals surface area contributed by atoms with Gasteiger partial charge in [-0.2, -0.15) is 0 Å². The van der Waals surface area contributed by atoms with Crippen LogP contribution < -0.4 is 5.73 Å². The summed E-state index contributed by atoms with van der Waals surface area (Å²) in [5, 5.41) is 0.